The average Bonchev–Trinajstić information content (AvgIpc) is 2.62. The van der Waals surface area contributed by atoms with Crippen LogP contribution < -0.4 is 5.32 Å². The largest absolute Gasteiger partial charge is 0.392 e. The molecule has 2 aromatic carbocycles. The lowest BCUT2D eigenvalue weighted by Gasteiger charge is -2.23. The molecule has 3 nitrogen and oxygen atoms in total. The highest BCUT2D eigenvalue weighted by Gasteiger charge is 2.07. The van der Waals surface area contributed by atoms with Crippen LogP contribution in [-0.4, -0.2) is 35.7 Å². The van der Waals surface area contributed by atoms with Gasteiger partial charge in [-0.3, -0.25) is 4.90 Å². The van der Waals surface area contributed by atoms with Gasteiger partial charge in [-0.2, -0.15) is 0 Å². The highest BCUT2D eigenvalue weighted by atomic mass is 16.3. The minimum atomic E-state index is -0.227. The highest BCUT2D eigenvalue weighted by Crippen LogP contribution is 2.10. The van der Waals surface area contributed by atoms with Gasteiger partial charge >= 0.3 is 0 Å². The molecule has 0 spiro atoms. The molecule has 0 radical (unpaired) electrons. The Balaban J connectivity index is 1.83. The van der Waals surface area contributed by atoms with Crippen molar-refractivity contribution >= 4 is 0 Å². The predicted octanol–water partition coefficient (Wildman–Crippen LogP) is 3.44. The molecule has 3 heteroatoms. The second kappa shape index (κ2) is 11.0. The van der Waals surface area contributed by atoms with E-state index in [-0.39, 0.29) is 6.10 Å². The molecule has 0 aliphatic rings. The van der Waals surface area contributed by atoms with E-state index < -0.39 is 0 Å². The molecule has 0 aliphatic carbocycles. The van der Waals surface area contributed by atoms with E-state index in [1.165, 1.54) is 11.1 Å². The Hall–Kier alpha value is -1.68. The van der Waals surface area contributed by atoms with E-state index in [2.05, 4.69) is 70.9 Å². The third-order valence-electron chi connectivity index (χ3n) is 4.18. The molecule has 0 saturated heterocycles. The fourth-order valence-electron chi connectivity index (χ4n) is 2.74. The van der Waals surface area contributed by atoms with Crippen LogP contribution in [0.3, 0.4) is 0 Å². The molecule has 24 heavy (non-hydrogen) atoms. The van der Waals surface area contributed by atoms with Gasteiger partial charge in [-0.15, -0.1) is 0 Å². The molecule has 0 aliphatic heterocycles. The maximum Gasteiger partial charge on any atom is 0.0662 e. The van der Waals surface area contributed by atoms with Crippen molar-refractivity contribution < 1.29 is 5.11 Å². The summed E-state index contributed by atoms with van der Waals surface area (Å²) in [7, 11) is 0. The molecular formula is C21H30N2O. The monoisotopic (exact) mass is 326 g/mol. The Morgan fingerprint density at radius 2 is 1.46 bits per heavy atom. The van der Waals surface area contributed by atoms with Gasteiger partial charge in [-0.25, -0.2) is 0 Å². The fraction of sp³-hybridized carbons (Fsp3) is 0.429. The van der Waals surface area contributed by atoms with Gasteiger partial charge in [0.2, 0.25) is 0 Å². The van der Waals surface area contributed by atoms with Crippen LogP contribution in [0, 0.1) is 0 Å². The second-order valence-corrected chi connectivity index (χ2v) is 6.30. The summed E-state index contributed by atoms with van der Waals surface area (Å²) in [4.78, 5) is 2.49. The van der Waals surface area contributed by atoms with Crippen LogP contribution in [-0.2, 0) is 13.1 Å². The number of aliphatic hydroxyl groups excluding tert-OH is 1. The lowest BCUT2D eigenvalue weighted by Crippen LogP contribution is -2.30. The molecule has 0 fully saturated rings. The predicted molar refractivity (Wildman–Crippen MR) is 101 cm³/mol. The Morgan fingerprint density at radius 3 is 1.96 bits per heavy atom. The van der Waals surface area contributed by atoms with Crippen LogP contribution in [0.25, 0.3) is 0 Å². The minimum Gasteiger partial charge on any atom is -0.392 e. The zero-order chi connectivity index (χ0) is 17.0. The van der Waals surface area contributed by atoms with Crippen LogP contribution in [0.2, 0.25) is 0 Å². The number of nitrogens with zero attached hydrogens (tertiary/aromatic N) is 1. The van der Waals surface area contributed by atoms with Crippen molar-refractivity contribution in [3.05, 3.63) is 71.8 Å². The second-order valence-electron chi connectivity index (χ2n) is 6.30. The molecular weight excluding hydrogens is 296 g/mol. The quantitative estimate of drug-likeness (QED) is 0.621. The van der Waals surface area contributed by atoms with Gasteiger partial charge in [0.25, 0.3) is 0 Å². The van der Waals surface area contributed by atoms with Crippen molar-refractivity contribution in [2.75, 3.05) is 19.6 Å². The van der Waals surface area contributed by atoms with Crippen molar-refractivity contribution in [1.82, 2.24) is 10.2 Å². The number of hydrogen-bond donors (Lipinski definition) is 2. The number of nitrogens with one attached hydrogen (secondary N) is 1. The third-order valence-corrected chi connectivity index (χ3v) is 4.18. The van der Waals surface area contributed by atoms with E-state index in [0.717, 1.165) is 39.0 Å². The summed E-state index contributed by atoms with van der Waals surface area (Å²) in [6, 6.07) is 21.3. The molecule has 0 amide bonds. The van der Waals surface area contributed by atoms with Crippen LogP contribution in [0.5, 0.6) is 0 Å². The first kappa shape index (κ1) is 18.7. The Bertz CT molecular complexity index is 503. The molecule has 2 rings (SSSR count). The van der Waals surface area contributed by atoms with E-state index in [1.54, 1.807) is 0 Å². The van der Waals surface area contributed by atoms with Gasteiger partial charge in [-0.05, 0) is 30.5 Å². The summed E-state index contributed by atoms with van der Waals surface area (Å²) in [5, 5.41) is 12.9. The zero-order valence-corrected chi connectivity index (χ0v) is 14.7. The van der Waals surface area contributed by atoms with Gasteiger partial charge in [0.1, 0.15) is 0 Å². The number of benzene rings is 2. The minimum absolute atomic E-state index is 0.227. The summed E-state index contributed by atoms with van der Waals surface area (Å²) in [6.45, 7) is 6.61. The van der Waals surface area contributed by atoms with E-state index >= 15 is 0 Å². The summed E-state index contributed by atoms with van der Waals surface area (Å²) < 4.78 is 0. The first-order chi connectivity index (χ1) is 11.8. The topological polar surface area (TPSA) is 35.5 Å². The molecule has 0 heterocycles. The maximum atomic E-state index is 9.58. The summed E-state index contributed by atoms with van der Waals surface area (Å²) in [5.74, 6) is 0. The molecule has 0 unspecified atom stereocenters. The van der Waals surface area contributed by atoms with E-state index in [1.807, 2.05) is 6.92 Å². The first-order valence-corrected chi connectivity index (χ1v) is 8.97. The van der Waals surface area contributed by atoms with Gasteiger partial charge in [0.05, 0.1) is 6.10 Å². The smallest absolute Gasteiger partial charge is 0.0662 e. The number of aliphatic hydroxyl groups is 1. The Kier molecular flexibility index (Phi) is 8.53. The summed E-state index contributed by atoms with van der Waals surface area (Å²) >= 11 is 0. The first-order valence-electron chi connectivity index (χ1n) is 8.97. The van der Waals surface area contributed by atoms with Crippen molar-refractivity contribution in [2.45, 2.75) is 39.0 Å². The van der Waals surface area contributed by atoms with Gasteiger partial charge in [0, 0.05) is 26.2 Å². The van der Waals surface area contributed by atoms with Crippen molar-refractivity contribution in [1.29, 1.82) is 0 Å². The lowest BCUT2D eigenvalue weighted by atomic mass is 10.1. The van der Waals surface area contributed by atoms with Gasteiger partial charge in [-0.1, -0.05) is 67.6 Å². The Labute approximate surface area is 146 Å². The SMILES string of the molecule is CC[C@H](O)CNCCCN(Cc1ccccc1)Cc1ccccc1. The lowest BCUT2D eigenvalue weighted by molar-refractivity contribution is 0.166. The van der Waals surface area contributed by atoms with Crippen LogP contribution in [0.4, 0.5) is 0 Å². The van der Waals surface area contributed by atoms with Crippen LogP contribution in [0.15, 0.2) is 60.7 Å². The molecule has 1 atom stereocenters. The molecule has 2 aromatic rings. The van der Waals surface area contributed by atoms with E-state index in [4.69, 9.17) is 0 Å². The summed E-state index contributed by atoms with van der Waals surface area (Å²) in [6.07, 6.45) is 1.66. The molecule has 0 bridgehead atoms. The van der Waals surface area contributed by atoms with Gasteiger partial charge < -0.3 is 10.4 Å². The average molecular weight is 326 g/mol. The van der Waals surface area contributed by atoms with E-state index in [9.17, 15) is 5.11 Å². The fourth-order valence-corrected chi connectivity index (χ4v) is 2.74. The molecule has 0 aromatic heterocycles. The van der Waals surface area contributed by atoms with Crippen molar-refractivity contribution in [2.24, 2.45) is 0 Å². The number of rotatable bonds is 11. The van der Waals surface area contributed by atoms with Crippen LogP contribution >= 0.6 is 0 Å². The third kappa shape index (κ3) is 7.26. The highest BCUT2D eigenvalue weighted by molar-refractivity contribution is 5.17. The summed E-state index contributed by atoms with van der Waals surface area (Å²) in [5.41, 5.74) is 2.70. The van der Waals surface area contributed by atoms with Crippen molar-refractivity contribution in [3.63, 3.8) is 0 Å². The molecule has 0 saturated carbocycles. The van der Waals surface area contributed by atoms with Gasteiger partial charge in [0.15, 0.2) is 0 Å². The molecule has 130 valence electrons. The van der Waals surface area contributed by atoms with Crippen LogP contribution in [0.1, 0.15) is 30.9 Å². The standard InChI is InChI=1S/C21H30N2O/c1-2-21(24)16-22-14-9-15-23(17-19-10-5-3-6-11-19)18-20-12-7-4-8-13-20/h3-8,10-13,21-22,24H,2,9,14-18H2,1H3/t21-/m0/s1. The Morgan fingerprint density at radius 1 is 0.917 bits per heavy atom. The zero-order valence-electron chi connectivity index (χ0n) is 14.7. The maximum absolute atomic E-state index is 9.58. The van der Waals surface area contributed by atoms with Crippen molar-refractivity contribution in [3.8, 4) is 0 Å². The molecule has 2 N–H and O–H groups in total. The normalized spacial score (nSPS) is 12.5. The number of hydrogen-bond acceptors (Lipinski definition) is 3. The van der Waals surface area contributed by atoms with E-state index in [0.29, 0.717) is 6.54 Å².